The molecule has 2 aliphatic rings. The van der Waals surface area contributed by atoms with Crippen molar-refractivity contribution in [3.63, 3.8) is 0 Å². The van der Waals surface area contributed by atoms with E-state index in [0.29, 0.717) is 24.4 Å². The highest BCUT2D eigenvalue weighted by atomic mass is 16.4. The van der Waals surface area contributed by atoms with Crippen LogP contribution in [0.15, 0.2) is 22.6 Å². The first-order valence-electron chi connectivity index (χ1n) is 9.10. The van der Waals surface area contributed by atoms with E-state index >= 15 is 0 Å². The van der Waals surface area contributed by atoms with Crippen LogP contribution < -0.4 is 5.32 Å². The molecule has 2 aromatic rings. The van der Waals surface area contributed by atoms with Gasteiger partial charge in [0, 0.05) is 36.9 Å². The first kappa shape index (κ1) is 17.5. The second-order valence-corrected chi connectivity index (χ2v) is 7.37. The summed E-state index contributed by atoms with van der Waals surface area (Å²) in [5.74, 6) is 0.754. The van der Waals surface area contributed by atoms with Crippen LogP contribution in [-0.2, 0) is 16.1 Å². The zero-order valence-electron chi connectivity index (χ0n) is 15.5. The maximum atomic E-state index is 12.8. The Hall–Kier alpha value is -2.96. The number of aryl methyl sites for hydroxylation is 1. The molecule has 0 spiro atoms. The highest BCUT2D eigenvalue weighted by Gasteiger charge is 2.39. The van der Waals surface area contributed by atoms with Gasteiger partial charge in [0.2, 0.25) is 11.8 Å². The van der Waals surface area contributed by atoms with Crippen molar-refractivity contribution in [3.05, 3.63) is 41.0 Å². The second-order valence-electron chi connectivity index (χ2n) is 7.37. The molecule has 1 saturated heterocycles. The molecule has 1 aromatic heterocycles. The quantitative estimate of drug-likeness (QED) is 0.842. The molecule has 3 heterocycles. The number of hydrogen-bond acceptors (Lipinski definition) is 5. The van der Waals surface area contributed by atoms with Crippen molar-refractivity contribution in [2.45, 2.75) is 52.1 Å². The Morgan fingerprint density at radius 1 is 1.26 bits per heavy atom. The lowest BCUT2D eigenvalue weighted by Crippen LogP contribution is -2.52. The molecule has 1 aromatic carbocycles. The van der Waals surface area contributed by atoms with E-state index in [9.17, 15) is 14.4 Å². The minimum absolute atomic E-state index is 0.175. The Morgan fingerprint density at radius 3 is 2.74 bits per heavy atom. The van der Waals surface area contributed by atoms with Gasteiger partial charge in [0.1, 0.15) is 17.5 Å². The Bertz CT molecular complexity index is 960. The van der Waals surface area contributed by atoms with E-state index in [1.807, 2.05) is 32.9 Å². The SMILES string of the molecule is Cc1nc(-c2ccc3c(c2)CN(C2CCC(=O)NC2=O)C3=O)c(C(C)C)o1. The number of piperidine rings is 1. The molecule has 140 valence electrons. The van der Waals surface area contributed by atoms with Gasteiger partial charge in [0.25, 0.3) is 5.91 Å². The minimum Gasteiger partial charge on any atom is -0.445 e. The van der Waals surface area contributed by atoms with Crippen molar-refractivity contribution < 1.29 is 18.8 Å². The lowest BCUT2D eigenvalue weighted by Gasteiger charge is -2.29. The maximum Gasteiger partial charge on any atom is 0.255 e. The van der Waals surface area contributed by atoms with Crippen molar-refractivity contribution in [1.29, 1.82) is 0 Å². The van der Waals surface area contributed by atoms with Crippen LogP contribution in [0.25, 0.3) is 11.3 Å². The van der Waals surface area contributed by atoms with Crippen LogP contribution in [-0.4, -0.2) is 33.6 Å². The van der Waals surface area contributed by atoms with Gasteiger partial charge < -0.3 is 9.32 Å². The number of nitrogens with zero attached hydrogens (tertiary/aromatic N) is 2. The van der Waals surface area contributed by atoms with E-state index in [-0.39, 0.29) is 24.2 Å². The lowest BCUT2D eigenvalue weighted by molar-refractivity contribution is -0.136. The average molecular weight is 367 g/mol. The molecule has 0 aliphatic carbocycles. The standard InChI is InChI=1S/C20H21N3O4/c1-10(2)18-17(21-11(3)27-18)12-4-5-14-13(8-12)9-23(20(14)26)15-6-7-16(24)22-19(15)25/h4-5,8,10,15H,6-7,9H2,1-3H3,(H,22,24,25). The number of oxazole rings is 1. The van der Waals surface area contributed by atoms with Crippen LogP contribution in [0.1, 0.15) is 60.2 Å². The van der Waals surface area contributed by atoms with Gasteiger partial charge in [0.15, 0.2) is 5.89 Å². The van der Waals surface area contributed by atoms with E-state index in [1.165, 1.54) is 0 Å². The van der Waals surface area contributed by atoms with E-state index in [0.717, 1.165) is 22.6 Å². The summed E-state index contributed by atoms with van der Waals surface area (Å²) < 4.78 is 5.74. The summed E-state index contributed by atoms with van der Waals surface area (Å²) in [7, 11) is 0. The summed E-state index contributed by atoms with van der Waals surface area (Å²) >= 11 is 0. The number of carbonyl (C=O) groups is 3. The molecule has 1 N–H and O–H groups in total. The number of hydrogen-bond donors (Lipinski definition) is 1. The van der Waals surface area contributed by atoms with Crippen molar-refractivity contribution in [2.24, 2.45) is 0 Å². The fraction of sp³-hybridized carbons (Fsp3) is 0.400. The van der Waals surface area contributed by atoms with Gasteiger partial charge >= 0.3 is 0 Å². The zero-order chi connectivity index (χ0) is 19.3. The van der Waals surface area contributed by atoms with Gasteiger partial charge in [-0.25, -0.2) is 4.98 Å². The second kappa shape index (κ2) is 6.33. The van der Waals surface area contributed by atoms with Crippen molar-refractivity contribution in [3.8, 4) is 11.3 Å². The van der Waals surface area contributed by atoms with Gasteiger partial charge in [-0.1, -0.05) is 19.9 Å². The molecule has 7 nitrogen and oxygen atoms in total. The first-order valence-corrected chi connectivity index (χ1v) is 9.10. The Labute approximate surface area is 156 Å². The van der Waals surface area contributed by atoms with Crippen LogP contribution in [0.5, 0.6) is 0 Å². The molecule has 1 unspecified atom stereocenters. The summed E-state index contributed by atoms with van der Waals surface area (Å²) in [6.07, 6.45) is 0.606. The van der Waals surface area contributed by atoms with E-state index in [2.05, 4.69) is 10.3 Å². The number of nitrogens with one attached hydrogen (secondary N) is 1. The molecule has 0 saturated carbocycles. The molecule has 27 heavy (non-hydrogen) atoms. The van der Waals surface area contributed by atoms with Gasteiger partial charge in [-0.3, -0.25) is 19.7 Å². The van der Waals surface area contributed by atoms with Gasteiger partial charge in [-0.05, 0) is 24.1 Å². The Morgan fingerprint density at radius 2 is 2.04 bits per heavy atom. The van der Waals surface area contributed by atoms with Crippen molar-refractivity contribution in [2.75, 3.05) is 0 Å². The fourth-order valence-corrected chi connectivity index (χ4v) is 3.76. The molecular formula is C20H21N3O4. The molecular weight excluding hydrogens is 346 g/mol. The summed E-state index contributed by atoms with van der Waals surface area (Å²) in [5, 5.41) is 2.32. The minimum atomic E-state index is -0.605. The number of benzene rings is 1. The van der Waals surface area contributed by atoms with E-state index in [4.69, 9.17) is 4.42 Å². The molecule has 2 aliphatic heterocycles. The van der Waals surface area contributed by atoms with Crippen LogP contribution >= 0.6 is 0 Å². The van der Waals surface area contributed by atoms with Gasteiger partial charge in [0.05, 0.1) is 0 Å². The van der Waals surface area contributed by atoms with Crippen LogP contribution in [0.3, 0.4) is 0 Å². The third-order valence-corrected chi connectivity index (χ3v) is 5.08. The zero-order valence-corrected chi connectivity index (χ0v) is 15.5. The predicted octanol–water partition coefficient (Wildman–Crippen LogP) is 2.53. The fourth-order valence-electron chi connectivity index (χ4n) is 3.76. The molecule has 3 amide bonds. The molecule has 0 bridgehead atoms. The third kappa shape index (κ3) is 2.93. The van der Waals surface area contributed by atoms with E-state index < -0.39 is 11.9 Å². The molecule has 0 radical (unpaired) electrons. The molecule has 7 heteroatoms. The third-order valence-electron chi connectivity index (χ3n) is 5.08. The lowest BCUT2D eigenvalue weighted by atomic mass is 10.0. The van der Waals surface area contributed by atoms with Crippen molar-refractivity contribution in [1.82, 2.24) is 15.2 Å². The van der Waals surface area contributed by atoms with E-state index in [1.54, 1.807) is 11.0 Å². The summed E-state index contributed by atoms with van der Waals surface area (Å²) in [6, 6.07) is 5.00. The summed E-state index contributed by atoms with van der Waals surface area (Å²) in [5.41, 5.74) is 3.14. The number of carbonyl (C=O) groups excluding carboxylic acids is 3. The highest BCUT2D eigenvalue weighted by Crippen LogP contribution is 2.34. The Balaban J connectivity index is 1.65. The normalized spacial score (nSPS) is 19.6. The van der Waals surface area contributed by atoms with Crippen LogP contribution in [0.4, 0.5) is 0 Å². The number of fused-ring (bicyclic) bond motifs is 1. The Kier molecular flexibility index (Phi) is 4.09. The molecule has 1 atom stereocenters. The number of rotatable bonds is 3. The predicted molar refractivity (Wildman–Crippen MR) is 96.8 cm³/mol. The largest absolute Gasteiger partial charge is 0.445 e. The van der Waals surface area contributed by atoms with Crippen molar-refractivity contribution >= 4 is 17.7 Å². The van der Waals surface area contributed by atoms with Crippen LogP contribution in [0, 0.1) is 6.92 Å². The van der Waals surface area contributed by atoms with Gasteiger partial charge in [-0.15, -0.1) is 0 Å². The molecule has 4 rings (SSSR count). The highest BCUT2D eigenvalue weighted by molar-refractivity contribution is 6.05. The van der Waals surface area contributed by atoms with Gasteiger partial charge in [-0.2, -0.15) is 0 Å². The summed E-state index contributed by atoms with van der Waals surface area (Å²) in [6.45, 7) is 6.26. The number of aromatic nitrogens is 1. The number of imide groups is 1. The number of amides is 3. The monoisotopic (exact) mass is 367 g/mol. The topological polar surface area (TPSA) is 92.5 Å². The maximum absolute atomic E-state index is 12.8. The summed E-state index contributed by atoms with van der Waals surface area (Å²) in [4.78, 5) is 42.4. The first-order chi connectivity index (χ1) is 12.8. The average Bonchev–Trinajstić information content (AvgIpc) is 3.15. The smallest absolute Gasteiger partial charge is 0.255 e. The van der Waals surface area contributed by atoms with Crippen LogP contribution in [0.2, 0.25) is 0 Å². The molecule has 1 fully saturated rings.